The number of guanidine groups is 1. The standard InChI is InChI=1S/C21H36N4O/c1-6-22-21(24-20-14-25(16(3)4)13-17(20)5)23-12-18-8-10-19(11-9-18)15-26-7-2/h8-11,16-17,20H,6-7,12-15H2,1-5H3,(H2,22,23,24). The predicted octanol–water partition coefficient (Wildman–Crippen LogP) is 3.01. The van der Waals surface area contributed by atoms with E-state index >= 15 is 0 Å². The van der Waals surface area contributed by atoms with E-state index in [2.05, 4.69) is 67.5 Å². The second-order valence-corrected chi connectivity index (χ2v) is 7.42. The summed E-state index contributed by atoms with van der Waals surface area (Å²) in [7, 11) is 0. The first-order valence-electron chi connectivity index (χ1n) is 9.97. The molecule has 2 unspecified atom stereocenters. The number of ether oxygens (including phenoxy) is 1. The van der Waals surface area contributed by atoms with Crippen molar-refractivity contribution >= 4 is 5.96 Å². The van der Waals surface area contributed by atoms with E-state index in [1.165, 1.54) is 11.1 Å². The normalized spacial score (nSPS) is 21.4. The maximum absolute atomic E-state index is 5.45. The van der Waals surface area contributed by atoms with Crippen LogP contribution in [0.25, 0.3) is 0 Å². The zero-order chi connectivity index (χ0) is 18.9. The van der Waals surface area contributed by atoms with Crippen molar-refractivity contribution in [1.29, 1.82) is 0 Å². The van der Waals surface area contributed by atoms with Gasteiger partial charge in [0.2, 0.25) is 0 Å². The Morgan fingerprint density at radius 1 is 1.19 bits per heavy atom. The van der Waals surface area contributed by atoms with E-state index in [1.54, 1.807) is 0 Å². The van der Waals surface area contributed by atoms with Crippen LogP contribution in [0.2, 0.25) is 0 Å². The van der Waals surface area contributed by atoms with Crippen LogP contribution < -0.4 is 10.6 Å². The third-order valence-electron chi connectivity index (χ3n) is 4.95. The van der Waals surface area contributed by atoms with Crippen LogP contribution in [0, 0.1) is 5.92 Å². The lowest BCUT2D eigenvalue weighted by molar-refractivity contribution is 0.134. The summed E-state index contributed by atoms with van der Waals surface area (Å²) in [4.78, 5) is 7.32. The molecule has 146 valence electrons. The highest BCUT2D eigenvalue weighted by molar-refractivity contribution is 5.80. The molecule has 2 atom stereocenters. The van der Waals surface area contributed by atoms with Crippen molar-refractivity contribution < 1.29 is 4.74 Å². The maximum Gasteiger partial charge on any atom is 0.191 e. The molecule has 1 aliphatic heterocycles. The van der Waals surface area contributed by atoms with Crippen molar-refractivity contribution in [3.05, 3.63) is 35.4 Å². The molecule has 0 radical (unpaired) electrons. The van der Waals surface area contributed by atoms with Gasteiger partial charge in [-0.1, -0.05) is 31.2 Å². The highest BCUT2D eigenvalue weighted by atomic mass is 16.5. The molecule has 1 heterocycles. The number of aliphatic imine (C=N–C) groups is 1. The van der Waals surface area contributed by atoms with E-state index in [4.69, 9.17) is 9.73 Å². The van der Waals surface area contributed by atoms with E-state index < -0.39 is 0 Å². The molecule has 1 fully saturated rings. The van der Waals surface area contributed by atoms with Gasteiger partial charge in [-0.05, 0) is 44.7 Å². The quantitative estimate of drug-likeness (QED) is 0.553. The van der Waals surface area contributed by atoms with Crippen LogP contribution in [-0.4, -0.2) is 49.2 Å². The van der Waals surface area contributed by atoms with Gasteiger partial charge in [0.05, 0.1) is 13.2 Å². The molecule has 5 heteroatoms. The zero-order valence-corrected chi connectivity index (χ0v) is 17.1. The van der Waals surface area contributed by atoms with E-state index in [9.17, 15) is 0 Å². The molecule has 0 aromatic heterocycles. The Morgan fingerprint density at radius 3 is 2.46 bits per heavy atom. The molecule has 5 nitrogen and oxygen atoms in total. The monoisotopic (exact) mass is 360 g/mol. The van der Waals surface area contributed by atoms with Crippen molar-refractivity contribution in [3.63, 3.8) is 0 Å². The first-order chi connectivity index (χ1) is 12.5. The SMILES string of the molecule is CCNC(=NCc1ccc(COCC)cc1)NC1CN(C(C)C)CC1C. The number of benzene rings is 1. The smallest absolute Gasteiger partial charge is 0.191 e. The number of nitrogens with one attached hydrogen (secondary N) is 2. The van der Waals surface area contributed by atoms with Crippen LogP contribution in [0.5, 0.6) is 0 Å². The summed E-state index contributed by atoms with van der Waals surface area (Å²) in [6.07, 6.45) is 0. The highest BCUT2D eigenvalue weighted by Gasteiger charge is 2.31. The molecular formula is C21H36N4O. The Bertz CT molecular complexity index is 556. The van der Waals surface area contributed by atoms with Crippen LogP contribution in [-0.2, 0) is 17.9 Å². The van der Waals surface area contributed by atoms with Crippen LogP contribution in [0.15, 0.2) is 29.3 Å². The number of hydrogen-bond donors (Lipinski definition) is 2. The van der Waals surface area contributed by atoms with Crippen molar-refractivity contribution in [1.82, 2.24) is 15.5 Å². The molecule has 1 aromatic rings. The molecule has 26 heavy (non-hydrogen) atoms. The van der Waals surface area contributed by atoms with E-state index in [1.807, 2.05) is 6.92 Å². The second kappa shape index (κ2) is 10.5. The van der Waals surface area contributed by atoms with Crippen LogP contribution in [0.3, 0.4) is 0 Å². The van der Waals surface area contributed by atoms with Crippen molar-refractivity contribution in [2.24, 2.45) is 10.9 Å². The second-order valence-electron chi connectivity index (χ2n) is 7.42. The highest BCUT2D eigenvalue weighted by Crippen LogP contribution is 2.18. The van der Waals surface area contributed by atoms with E-state index in [-0.39, 0.29) is 0 Å². The van der Waals surface area contributed by atoms with Gasteiger partial charge in [-0.15, -0.1) is 0 Å². The van der Waals surface area contributed by atoms with Gasteiger partial charge in [-0.25, -0.2) is 4.99 Å². The van der Waals surface area contributed by atoms with Crippen molar-refractivity contribution in [2.45, 2.75) is 59.9 Å². The Hall–Kier alpha value is -1.59. The van der Waals surface area contributed by atoms with Gasteiger partial charge in [-0.2, -0.15) is 0 Å². The van der Waals surface area contributed by atoms with Gasteiger partial charge in [-0.3, -0.25) is 4.90 Å². The lowest BCUT2D eigenvalue weighted by Gasteiger charge is -2.22. The fourth-order valence-electron chi connectivity index (χ4n) is 3.24. The van der Waals surface area contributed by atoms with Crippen molar-refractivity contribution in [2.75, 3.05) is 26.2 Å². The first kappa shape index (κ1) is 20.7. The topological polar surface area (TPSA) is 48.9 Å². The van der Waals surface area contributed by atoms with Gasteiger partial charge in [0.15, 0.2) is 5.96 Å². The molecule has 0 spiro atoms. The van der Waals surface area contributed by atoms with Crippen LogP contribution >= 0.6 is 0 Å². The molecule has 1 aromatic carbocycles. The number of nitrogens with zero attached hydrogens (tertiary/aromatic N) is 2. The number of hydrogen-bond acceptors (Lipinski definition) is 3. The lowest BCUT2D eigenvalue weighted by Crippen LogP contribution is -2.46. The third kappa shape index (κ3) is 6.29. The molecule has 0 saturated carbocycles. The van der Waals surface area contributed by atoms with Crippen LogP contribution in [0.4, 0.5) is 0 Å². The average molecular weight is 361 g/mol. The summed E-state index contributed by atoms with van der Waals surface area (Å²) in [5, 5.41) is 7.02. The minimum Gasteiger partial charge on any atom is -0.377 e. The largest absolute Gasteiger partial charge is 0.377 e. The number of likely N-dealkylation sites (tertiary alicyclic amines) is 1. The molecule has 0 aliphatic carbocycles. The average Bonchev–Trinajstić information content (AvgIpc) is 3.00. The Kier molecular flexibility index (Phi) is 8.39. The summed E-state index contributed by atoms with van der Waals surface area (Å²) in [5.41, 5.74) is 2.42. The summed E-state index contributed by atoms with van der Waals surface area (Å²) in [6.45, 7) is 16.2. The summed E-state index contributed by atoms with van der Waals surface area (Å²) >= 11 is 0. The molecule has 1 saturated heterocycles. The van der Waals surface area contributed by atoms with E-state index in [0.29, 0.717) is 31.2 Å². The molecule has 2 N–H and O–H groups in total. The summed E-state index contributed by atoms with van der Waals surface area (Å²) in [6, 6.07) is 9.57. The van der Waals surface area contributed by atoms with Crippen LogP contribution in [0.1, 0.15) is 45.7 Å². The lowest BCUT2D eigenvalue weighted by atomic mass is 10.1. The van der Waals surface area contributed by atoms with Gasteiger partial charge < -0.3 is 15.4 Å². The molecule has 2 rings (SSSR count). The number of rotatable bonds is 8. The Morgan fingerprint density at radius 2 is 1.88 bits per heavy atom. The zero-order valence-electron chi connectivity index (χ0n) is 17.1. The van der Waals surface area contributed by atoms with Gasteiger partial charge in [0, 0.05) is 38.3 Å². The molecular weight excluding hydrogens is 324 g/mol. The Labute approximate surface area is 159 Å². The van der Waals surface area contributed by atoms with Gasteiger partial charge >= 0.3 is 0 Å². The Balaban J connectivity index is 1.93. The predicted molar refractivity (Wildman–Crippen MR) is 109 cm³/mol. The summed E-state index contributed by atoms with van der Waals surface area (Å²) in [5.74, 6) is 1.53. The van der Waals surface area contributed by atoms with Gasteiger partial charge in [0.1, 0.15) is 0 Å². The third-order valence-corrected chi connectivity index (χ3v) is 4.95. The minimum absolute atomic E-state index is 0.448. The minimum atomic E-state index is 0.448. The maximum atomic E-state index is 5.45. The first-order valence-corrected chi connectivity index (χ1v) is 9.97. The summed E-state index contributed by atoms with van der Waals surface area (Å²) < 4.78 is 5.45. The molecule has 0 amide bonds. The fraction of sp³-hybridized carbons (Fsp3) is 0.667. The molecule has 1 aliphatic rings. The van der Waals surface area contributed by atoms with E-state index in [0.717, 1.165) is 32.2 Å². The fourth-order valence-corrected chi connectivity index (χ4v) is 3.24. The van der Waals surface area contributed by atoms with Gasteiger partial charge in [0.25, 0.3) is 0 Å². The molecule has 0 bridgehead atoms. The van der Waals surface area contributed by atoms with Crippen molar-refractivity contribution in [3.8, 4) is 0 Å².